The van der Waals surface area contributed by atoms with Crippen molar-refractivity contribution in [3.63, 3.8) is 0 Å². The fraction of sp³-hybridized carbons (Fsp3) is 0.500. The molecule has 0 fully saturated rings. The van der Waals surface area contributed by atoms with Crippen LogP contribution >= 0.6 is 0 Å². The van der Waals surface area contributed by atoms with Crippen LogP contribution in [0.4, 0.5) is 0 Å². The first-order chi connectivity index (χ1) is 8.88. The van der Waals surface area contributed by atoms with Crippen molar-refractivity contribution < 1.29 is 0 Å². The summed E-state index contributed by atoms with van der Waals surface area (Å²) in [5, 5.41) is 4.70. The highest BCUT2D eigenvalue weighted by Gasteiger charge is 2.23. The number of aromatic nitrogens is 4. The van der Waals surface area contributed by atoms with Gasteiger partial charge in [-0.3, -0.25) is 0 Å². The Morgan fingerprint density at radius 2 is 2.00 bits per heavy atom. The summed E-state index contributed by atoms with van der Waals surface area (Å²) < 4.78 is 1.83. The zero-order valence-electron chi connectivity index (χ0n) is 12.3. The van der Waals surface area contributed by atoms with Crippen LogP contribution in [0, 0.1) is 0 Å². The lowest BCUT2D eigenvalue weighted by molar-refractivity contribution is 0.396. The van der Waals surface area contributed by atoms with Crippen molar-refractivity contribution in [2.75, 3.05) is 14.1 Å². The van der Waals surface area contributed by atoms with E-state index >= 15 is 0 Å². The third-order valence-electron chi connectivity index (χ3n) is 2.79. The first-order valence-corrected chi connectivity index (χ1v) is 6.38. The van der Waals surface area contributed by atoms with Crippen molar-refractivity contribution in [3.8, 4) is 5.82 Å². The van der Waals surface area contributed by atoms with E-state index in [0.717, 1.165) is 18.1 Å². The second-order valence-electron chi connectivity index (χ2n) is 6.00. The monoisotopic (exact) mass is 259 g/mol. The summed E-state index contributed by atoms with van der Waals surface area (Å²) in [4.78, 5) is 10.3. The van der Waals surface area contributed by atoms with Crippen LogP contribution in [-0.2, 0) is 12.0 Å². The van der Waals surface area contributed by atoms with Gasteiger partial charge in [0.1, 0.15) is 6.33 Å². The molecule has 5 nitrogen and oxygen atoms in total. The van der Waals surface area contributed by atoms with Gasteiger partial charge in [0, 0.05) is 36.0 Å². The molecule has 2 aromatic heterocycles. The topological polar surface area (TPSA) is 46.8 Å². The van der Waals surface area contributed by atoms with Crippen LogP contribution in [0.5, 0.6) is 0 Å². The number of hydrogen-bond acceptors (Lipinski definition) is 4. The zero-order valence-corrected chi connectivity index (χ0v) is 12.3. The van der Waals surface area contributed by atoms with Crippen LogP contribution in [0.15, 0.2) is 24.8 Å². The van der Waals surface area contributed by atoms with Crippen LogP contribution in [-0.4, -0.2) is 38.7 Å². The van der Waals surface area contributed by atoms with Gasteiger partial charge in [0.2, 0.25) is 0 Å². The molecule has 2 aromatic rings. The van der Waals surface area contributed by atoms with Crippen LogP contribution < -0.4 is 0 Å². The minimum absolute atomic E-state index is 0.0175. The van der Waals surface area contributed by atoms with Gasteiger partial charge >= 0.3 is 0 Å². The smallest absolute Gasteiger partial charge is 0.156 e. The van der Waals surface area contributed by atoms with E-state index in [2.05, 4.69) is 55.9 Å². The van der Waals surface area contributed by atoms with Crippen molar-refractivity contribution in [2.24, 2.45) is 0 Å². The van der Waals surface area contributed by atoms with Gasteiger partial charge in [-0.25, -0.2) is 14.6 Å². The average molecular weight is 259 g/mol. The molecule has 0 radical (unpaired) electrons. The van der Waals surface area contributed by atoms with E-state index in [1.165, 1.54) is 5.56 Å². The largest absolute Gasteiger partial charge is 0.305 e. The molecule has 0 bridgehead atoms. The lowest BCUT2D eigenvalue weighted by atomic mass is 9.89. The molecule has 0 spiro atoms. The molecule has 0 saturated heterocycles. The highest BCUT2D eigenvalue weighted by Crippen LogP contribution is 2.25. The minimum atomic E-state index is 0.0175. The van der Waals surface area contributed by atoms with Gasteiger partial charge in [-0.2, -0.15) is 5.10 Å². The van der Waals surface area contributed by atoms with Crippen molar-refractivity contribution in [1.82, 2.24) is 24.6 Å². The van der Waals surface area contributed by atoms with Gasteiger partial charge in [-0.05, 0) is 14.1 Å². The van der Waals surface area contributed by atoms with Crippen LogP contribution in [0.3, 0.4) is 0 Å². The number of hydrogen-bond donors (Lipinski definition) is 0. The maximum Gasteiger partial charge on any atom is 0.156 e. The predicted octanol–water partition coefficient (Wildman–Crippen LogP) is 2.02. The van der Waals surface area contributed by atoms with E-state index in [1.54, 1.807) is 12.5 Å². The molecule has 19 heavy (non-hydrogen) atoms. The number of nitrogens with zero attached hydrogens (tertiary/aromatic N) is 5. The molecule has 102 valence electrons. The summed E-state index contributed by atoms with van der Waals surface area (Å²) in [6, 6.07) is 1.86. The first kappa shape index (κ1) is 13.7. The molecular weight excluding hydrogens is 238 g/mol. The van der Waals surface area contributed by atoms with Gasteiger partial charge in [0.05, 0.1) is 5.69 Å². The van der Waals surface area contributed by atoms with Crippen LogP contribution in [0.2, 0.25) is 0 Å². The molecule has 0 aliphatic carbocycles. The van der Waals surface area contributed by atoms with Crippen LogP contribution in [0.1, 0.15) is 32.0 Å². The maximum atomic E-state index is 4.70. The Bertz CT molecular complexity index is 537. The molecule has 5 heteroatoms. The summed E-state index contributed by atoms with van der Waals surface area (Å²) in [6.45, 7) is 7.41. The predicted molar refractivity (Wildman–Crippen MR) is 75.2 cm³/mol. The summed E-state index contributed by atoms with van der Waals surface area (Å²) in [5.74, 6) is 0.797. The molecule has 0 atom stereocenters. The number of rotatable bonds is 3. The molecule has 0 N–H and O–H groups in total. The van der Waals surface area contributed by atoms with Crippen LogP contribution in [0.25, 0.3) is 5.82 Å². The molecule has 0 aromatic carbocycles. The van der Waals surface area contributed by atoms with Gasteiger partial charge in [0.25, 0.3) is 0 Å². The lowest BCUT2D eigenvalue weighted by Gasteiger charge is -2.18. The van der Waals surface area contributed by atoms with Crippen molar-refractivity contribution in [2.45, 2.75) is 32.7 Å². The standard InChI is InChI=1S/C14H21N5/c1-14(2,3)13-11(8-18(4)5)9-19(17-13)12-6-7-15-10-16-12/h6-7,9-10H,8H2,1-5H3. The minimum Gasteiger partial charge on any atom is -0.305 e. The Balaban J connectivity index is 2.46. The Hall–Kier alpha value is -1.75. The third-order valence-corrected chi connectivity index (χ3v) is 2.79. The highest BCUT2D eigenvalue weighted by atomic mass is 15.3. The van der Waals surface area contributed by atoms with Gasteiger partial charge in [0.15, 0.2) is 5.82 Å². The fourth-order valence-corrected chi connectivity index (χ4v) is 2.03. The fourth-order valence-electron chi connectivity index (χ4n) is 2.03. The third kappa shape index (κ3) is 3.17. The lowest BCUT2D eigenvalue weighted by Crippen LogP contribution is -2.18. The first-order valence-electron chi connectivity index (χ1n) is 6.38. The maximum absolute atomic E-state index is 4.70. The Morgan fingerprint density at radius 1 is 1.26 bits per heavy atom. The molecular formula is C14H21N5. The molecule has 0 amide bonds. The Labute approximate surface area is 114 Å². The van der Waals surface area contributed by atoms with Gasteiger partial charge in [-0.15, -0.1) is 0 Å². The van der Waals surface area contributed by atoms with Crippen molar-refractivity contribution in [1.29, 1.82) is 0 Å². The van der Waals surface area contributed by atoms with E-state index in [0.29, 0.717) is 0 Å². The van der Waals surface area contributed by atoms with E-state index < -0.39 is 0 Å². The quantitative estimate of drug-likeness (QED) is 0.846. The van der Waals surface area contributed by atoms with E-state index in [1.807, 2.05) is 10.7 Å². The second kappa shape index (κ2) is 5.09. The Morgan fingerprint density at radius 3 is 2.53 bits per heavy atom. The SMILES string of the molecule is CN(C)Cc1cn(-c2ccncn2)nc1C(C)(C)C. The van der Waals surface area contributed by atoms with Crippen molar-refractivity contribution >= 4 is 0 Å². The normalized spacial score (nSPS) is 12.1. The summed E-state index contributed by atoms with van der Waals surface area (Å²) in [6.07, 6.45) is 5.33. The Kier molecular flexibility index (Phi) is 3.66. The summed E-state index contributed by atoms with van der Waals surface area (Å²) in [5.41, 5.74) is 2.36. The second-order valence-corrected chi connectivity index (χ2v) is 6.00. The summed E-state index contributed by atoms with van der Waals surface area (Å²) in [7, 11) is 4.13. The molecule has 0 saturated carbocycles. The molecule has 2 rings (SSSR count). The van der Waals surface area contributed by atoms with Gasteiger partial charge in [-0.1, -0.05) is 20.8 Å². The van der Waals surface area contributed by atoms with Crippen molar-refractivity contribution in [3.05, 3.63) is 36.0 Å². The van der Waals surface area contributed by atoms with E-state index in [-0.39, 0.29) is 5.41 Å². The summed E-state index contributed by atoms with van der Waals surface area (Å²) >= 11 is 0. The molecule has 0 aliphatic rings. The van der Waals surface area contributed by atoms with Gasteiger partial charge < -0.3 is 4.90 Å². The highest BCUT2D eigenvalue weighted by molar-refractivity contribution is 5.29. The average Bonchev–Trinajstić information content (AvgIpc) is 2.73. The van der Waals surface area contributed by atoms with E-state index in [9.17, 15) is 0 Å². The zero-order chi connectivity index (χ0) is 14.0. The molecule has 2 heterocycles. The molecule has 0 unspecified atom stereocenters. The molecule has 0 aliphatic heterocycles. The van der Waals surface area contributed by atoms with E-state index in [4.69, 9.17) is 5.10 Å².